The Morgan fingerprint density at radius 3 is 2.68 bits per heavy atom. The van der Waals surface area contributed by atoms with Crippen molar-refractivity contribution < 1.29 is 5.11 Å². The molecule has 1 unspecified atom stereocenters. The minimum absolute atomic E-state index is 0.227. The van der Waals surface area contributed by atoms with Gasteiger partial charge in [-0.25, -0.2) is 0 Å². The lowest BCUT2D eigenvalue weighted by molar-refractivity contribution is 0.268. The Hall–Kier alpha value is -1.71. The molecular weight excluding hydrogens is 236 g/mol. The van der Waals surface area contributed by atoms with Crippen molar-refractivity contribution in [3.63, 3.8) is 0 Å². The molecule has 2 aromatic rings. The third-order valence-corrected chi connectivity index (χ3v) is 3.16. The summed E-state index contributed by atoms with van der Waals surface area (Å²) in [5.41, 5.74) is 3.64. The van der Waals surface area contributed by atoms with Gasteiger partial charge in [-0.1, -0.05) is 18.2 Å². The fourth-order valence-corrected chi connectivity index (χ4v) is 1.99. The first kappa shape index (κ1) is 13.7. The summed E-state index contributed by atoms with van der Waals surface area (Å²) in [6, 6.07) is 12.8. The van der Waals surface area contributed by atoms with Crippen molar-refractivity contribution in [1.82, 2.24) is 10.3 Å². The molecule has 2 rings (SSSR count). The van der Waals surface area contributed by atoms with Gasteiger partial charge in [0.1, 0.15) is 0 Å². The zero-order chi connectivity index (χ0) is 13.5. The quantitative estimate of drug-likeness (QED) is 0.835. The van der Waals surface area contributed by atoms with Gasteiger partial charge in [-0.05, 0) is 48.2 Å². The summed E-state index contributed by atoms with van der Waals surface area (Å²) in [5.74, 6) is 0. The van der Waals surface area contributed by atoms with E-state index in [4.69, 9.17) is 5.11 Å². The van der Waals surface area contributed by atoms with Crippen molar-refractivity contribution in [2.24, 2.45) is 0 Å². The van der Waals surface area contributed by atoms with Gasteiger partial charge in [0, 0.05) is 31.6 Å². The molecule has 0 aliphatic carbocycles. The largest absolute Gasteiger partial charge is 0.396 e. The average Bonchev–Trinajstić information content (AvgIpc) is 2.47. The fraction of sp³-hybridized carbons (Fsp3) is 0.312. The molecule has 0 radical (unpaired) electrons. The van der Waals surface area contributed by atoms with Crippen LogP contribution < -0.4 is 5.32 Å². The molecule has 3 heteroatoms. The van der Waals surface area contributed by atoms with E-state index in [1.54, 1.807) is 0 Å². The van der Waals surface area contributed by atoms with E-state index in [-0.39, 0.29) is 6.61 Å². The standard InChI is InChI=1S/C16H20N2O/c1-13(7-10-19)18-12-14-3-2-4-16(11-14)15-5-8-17-9-6-15/h2-6,8-9,11,13,18-19H,7,10,12H2,1H3. The van der Waals surface area contributed by atoms with Crippen molar-refractivity contribution in [2.45, 2.75) is 25.9 Å². The van der Waals surface area contributed by atoms with Gasteiger partial charge in [-0.2, -0.15) is 0 Å². The summed E-state index contributed by atoms with van der Waals surface area (Å²) in [7, 11) is 0. The molecular formula is C16H20N2O. The zero-order valence-electron chi connectivity index (χ0n) is 11.2. The predicted molar refractivity (Wildman–Crippen MR) is 77.7 cm³/mol. The molecule has 0 bridgehead atoms. The molecule has 3 nitrogen and oxygen atoms in total. The lowest BCUT2D eigenvalue weighted by Gasteiger charge is -2.13. The molecule has 0 spiro atoms. The molecule has 0 aliphatic heterocycles. The number of benzene rings is 1. The van der Waals surface area contributed by atoms with E-state index in [0.717, 1.165) is 13.0 Å². The molecule has 2 N–H and O–H groups in total. The number of nitrogens with one attached hydrogen (secondary N) is 1. The van der Waals surface area contributed by atoms with Crippen LogP contribution in [0, 0.1) is 0 Å². The lowest BCUT2D eigenvalue weighted by Crippen LogP contribution is -2.26. The minimum atomic E-state index is 0.227. The first-order chi connectivity index (χ1) is 9.29. The Kier molecular flexibility index (Phi) is 5.07. The van der Waals surface area contributed by atoms with Crippen LogP contribution >= 0.6 is 0 Å². The van der Waals surface area contributed by atoms with Crippen LogP contribution in [-0.4, -0.2) is 22.7 Å². The summed E-state index contributed by atoms with van der Waals surface area (Å²) in [4.78, 5) is 4.04. The number of pyridine rings is 1. The second-order valence-electron chi connectivity index (χ2n) is 4.73. The minimum Gasteiger partial charge on any atom is -0.396 e. The fourth-order valence-electron chi connectivity index (χ4n) is 1.99. The SMILES string of the molecule is CC(CCO)NCc1cccc(-c2ccncc2)c1. The van der Waals surface area contributed by atoms with Crippen LogP contribution in [0.5, 0.6) is 0 Å². The highest BCUT2D eigenvalue weighted by atomic mass is 16.3. The summed E-state index contributed by atoms with van der Waals surface area (Å²) < 4.78 is 0. The number of aliphatic hydroxyl groups excluding tert-OH is 1. The van der Waals surface area contributed by atoms with Crippen LogP contribution in [0.15, 0.2) is 48.8 Å². The van der Waals surface area contributed by atoms with E-state index in [9.17, 15) is 0 Å². The number of hydrogen-bond donors (Lipinski definition) is 2. The molecule has 1 aromatic carbocycles. The van der Waals surface area contributed by atoms with Crippen LogP contribution in [0.4, 0.5) is 0 Å². The van der Waals surface area contributed by atoms with E-state index in [0.29, 0.717) is 6.04 Å². The van der Waals surface area contributed by atoms with Crippen LogP contribution in [0.25, 0.3) is 11.1 Å². The van der Waals surface area contributed by atoms with Gasteiger partial charge >= 0.3 is 0 Å². The van der Waals surface area contributed by atoms with Crippen LogP contribution in [0.1, 0.15) is 18.9 Å². The molecule has 1 atom stereocenters. The number of aliphatic hydroxyl groups is 1. The maximum atomic E-state index is 8.88. The Balaban J connectivity index is 2.04. The van der Waals surface area contributed by atoms with Gasteiger partial charge < -0.3 is 10.4 Å². The van der Waals surface area contributed by atoms with Gasteiger partial charge in [-0.3, -0.25) is 4.98 Å². The van der Waals surface area contributed by atoms with E-state index < -0.39 is 0 Å². The van der Waals surface area contributed by atoms with E-state index in [1.807, 2.05) is 24.5 Å². The van der Waals surface area contributed by atoms with Gasteiger partial charge in [0.15, 0.2) is 0 Å². The van der Waals surface area contributed by atoms with Crippen LogP contribution in [0.2, 0.25) is 0 Å². The molecule has 19 heavy (non-hydrogen) atoms. The van der Waals surface area contributed by atoms with Gasteiger partial charge in [0.2, 0.25) is 0 Å². The number of nitrogens with zero attached hydrogens (tertiary/aromatic N) is 1. The van der Waals surface area contributed by atoms with Crippen molar-refractivity contribution >= 4 is 0 Å². The Labute approximate surface area is 114 Å². The summed E-state index contributed by atoms with van der Waals surface area (Å²) in [6.07, 6.45) is 4.40. The molecule has 1 aromatic heterocycles. The highest BCUT2D eigenvalue weighted by molar-refractivity contribution is 5.63. The number of aromatic nitrogens is 1. The first-order valence-corrected chi connectivity index (χ1v) is 6.63. The van der Waals surface area contributed by atoms with Crippen LogP contribution in [-0.2, 0) is 6.54 Å². The smallest absolute Gasteiger partial charge is 0.0445 e. The highest BCUT2D eigenvalue weighted by Gasteiger charge is 2.02. The van der Waals surface area contributed by atoms with Crippen LogP contribution in [0.3, 0.4) is 0 Å². The maximum Gasteiger partial charge on any atom is 0.0445 e. The summed E-state index contributed by atoms with van der Waals surface area (Å²) in [5, 5.41) is 12.3. The summed E-state index contributed by atoms with van der Waals surface area (Å²) in [6.45, 7) is 3.13. The Bertz CT molecular complexity index is 499. The zero-order valence-corrected chi connectivity index (χ0v) is 11.2. The molecule has 0 aliphatic rings. The molecule has 0 saturated carbocycles. The third-order valence-electron chi connectivity index (χ3n) is 3.16. The highest BCUT2D eigenvalue weighted by Crippen LogP contribution is 2.19. The maximum absolute atomic E-state index is 8.88. The predicted octanol–water partition coefficient (Wildman–Crippen LogP) is 2.61. The van der Waals surface area contributed by atoms with E-state index in [1.165, 1.54) is 16.7 Å². The van der Waals surface area contributed by atoms with Gasteiger partial charge in [-0.15, -0.1) is 0 Å². The molecule has 0 amide bonds. The van der Waals surface area contributed by atoms with Crippen molar-refractivity contribution in [3.8, 4) is 11.1 Å². The second-order valence-corrected chi connectivity index (χ2v) is 4.73. The summed E-state index contributed by atoms with van der Waals surface area (Å²) >= 11 is 0. The van der Waals surface area contributed by atoms with Gasteiger partial charge in [0.05, 0.1) is 0 Å². The molecule has 100 valence electrons. The molecule has 1 heterocycles. The normalized spacial score (nSPS) is 12.3. The van der Waals surface area contributed by atoms with Crippen molar-refractivity contribution in [1.29, 1.82) is 0 Å². The topological polar surface area (TPSA) is 45.1 Å². The van der Waals surface area contributed by atoms with E-state index in [2.05, 4.69) is 41.5 Å². The monoisotopic (exact) mass is 256 g/mol. The number of rotatable bonds is 6. The third kappa shape index (κ3) is 4.16. The second kappa shape index (κ2) is 7.02. The van der Waals surface area contributed by atoms with Crippen molar-refractivity contribution in [2.75, 3.05) is 6.61 Å². The Morgan fingerprint density at radius 1 is 1.16 bits per heavy atom. The Morgan fingerprint density at radius 2 is 1.95 bits per heavy atom. The van der Waals surface area contributed by atoms with Gasteiger partial charge in [0.25, 0.3) is 0 Å². The van der Waals surface area contributed by atoms with Crippen molar-refractivity contribution in [3.05, 3.63) is 54.4 Å². The van der Waals surface area contributed by atoms with E-state index >= 15 is 0 Å². The molecule has 0 saturated heterocycles. The first-order valence-electron chi connectivity index (χ1n) is 6.63. The number of hydrogen-bond acceptors (Lipinski definition) is 3. The lowest BCUT2D eigenvalue weighted by atomic mass is 10.0. The molecule has 0 fully saturated rings. The average molecular weight is 256 g/mol.